The zero-order chi connectivity index (χ0) is 23.6. The quantitative estimate of drug-likeness (QED) is 0.228. The van der Waals surface area contributed by atoms with E-state index in [2.05, 4.69) is 26.2 Å². The van der Waals surface area contributed by atoms with Gasteiger partial charge in [-0.1, -0.05) is 62.3 Å². The van der Waals surface area contributed by atoms with Crippen LogP contribution in [0.15, 0.2) is 34.8 Å². The van der Waals surface area contributed by atoms with Gasteiger partial charge in [-0.2, -0.15) is 0 Å². The Kier molecular flexibility index (Phi) is 8.28. The second kappa shape index (κ2) is 10.6. The number of halogens is 5. The molecule has 32 heavy (non-hydrogen) atoms. The van der Waals surface area contributed by atoms with Crippen LogP contribution in [0.2, 0.25) is 20.2 Å². The molecule has 0 spiro atoms. The topological polar surface area (TPSA) is 79.3 Å². The van der Waals surface area contributed by atoms with Crippen LogP contribution in [0.3, 0.4) is 0 Å². The van der Waals surface area contributed by atoms with Gasteiger partial charge in [-0.25, -0.2) is 4.98 Å². The third kappa shape index (κ3) is 5.49. The molecule has 5 nitrogen and oxygen atoms in total. The molecule has 0 aliphatic rings. The van der Waals surface area contributed by atoms with E-state index in [4.69, 9.17) is 51.5 Å². The predicted molar refractivity (Wildman–Crippen MR) is 133 cm³/mol. The van der Waals surface area contributed by atoms with Crippen molar-refractivity contribution in [3.8, 4) is 0 Å². The van der Waals surface area contributed by atoms with Crippen LogP contribution in [0.4, 0.5) is 0 Å². The van der Waals surface area contributed by atoms with Gasteiger partial charge in [0, 0.05) is 33.8 Å². The smallest absolute Gasteiger partial charge is 0.303 e. The molecule has 1 amide bonds. The Labute approximate surface area is 213 Å². The molecule has 1 heterocycles. The summed E-state index contributed by atoms with van der Waals surface area (Å²) in [7, 11) is 0. The number of amides is 1. The number of nitrogens with zero attached hydrogens (tertiary/aromatic N) is 1. The van der Waals surface area contributed by atoms with E-state index >= 15 is 0 Å². The number of carboxylic acid groups (broad SMARTS) is 1. The van der Waals surface area contributed by atoms with Crippen molar-refractivity contribution in [2.24, 2.45) is 0 Å². The molecule has 2 N–H and O–H groups in total. The average Bonchev–Trinajstić information content (AvgIpc) is 2.73. The Hall–Kier alpha value is -1.57. The zero-order valence-electron chi connectivity index (χ0n) is 16.7. The highest BCUT2D eigenvalue weighted by molar-refractivity contribution is 9.10. The number of pyridine rings is 1. The third-order valence-electron chi connectivity index (χ3n) is 5.06. The van der Waals surface area contributed by atoms with E-state index in [1.807, 2.05) is 6.07 Å². The lowest BCUT2D eigenvalue weighted by atomic mass is 9.93. The highest BCUT2D eigenvalue weighted by Gasteiger charge is 2.24. The van der Waals surface area contributed by atoms with Gasteiger partial charge < -0.3 is 10.4 Å². The fourth-order valence-corrected chi connectivity index (χ4v) is 4.85. The summed E-state index contributed by atoms with van der Waals surface area (Å²) < 4.78 is 0.791. The Morgan fingerprint density at radius 2 is 1.81 bits per heavy atom. The molecular formula is C22H17BrCl4N2O3. The van der Waals surface area contributed by atoms with E-state index in [1.54, 1.807) is 31.2 Å². The molecular weight excluding hydrogens is 562 g/mol. The number of aromatic nitrogens is 1. The summed E-state index contributed by atoms with van der Waals surface area (Å²) in [6, 6.07) is 8.54. The van der Waals surface area contributed by atoms with Crippen molar-refractivity contribution < 1.29 is 14.7 Å². The Balaban J connectivity index is 1.96. The van der Waals surface area contributed by atoms with Crippen LogP contribution in [0.1, 0.15) is 40.2 Å². The van der Waals surface area contributed by atoms with Crippen LogP contribution >= 0.6 is 62.3 Å². The van der Waals surface area contributed by atoms with Gasteiger partial charge in [-0.05, 0) is 54.8 Å². The van der Waals surface area contributed by atoms with Gasteiger partial charge in [0.1, 0.15) is 5.15 Å². The number of carboxylic acids is 1. The molecule has 0 fully saturated rings. The number of aliphatic carboxylic acids is 1. The van der Waals surface area contributed by atoms with E-state index in [9.17, 15) is 9.59 Å². The van der Waals surface area contributed by atoms with Gasteiger partial charge in [0.05, 0.1) is 21.1 Å². The first kappa shape index (κ1) is 25.1. The highest BCUT2D eigenvalue weighted by atomic mass is 79.9. The molecule has 1 aromatic heterocycles. The maximum atomic E-state index is 13.2. The van der Waals surface area contributed by atoms with Crippen molar-refractivity contribution in [3.63, 3.8) is 0 Å². The molecule has 1 atom stereocenters. The van der Waals surface area contributed by atoms with Gasteiger partial charge >= 0.3 is 5.97 Å². The average molecular weight is 579 g/mol. The van der Waals surface area contributed by atoms with Gasteiger partial charge in [-0.3, -0.25) is 9.59 Å². The van der Waals surface area contributed by atoms with Crippen LogP contribution in [-0.4, -0.2) is 28.5 Å². The molecule has 0 radical (unpaired) electrons. The summed E-state index contributed by atoms with van der Waals surface area (Å²) in [5, 5.41) is 13.8. The second-order valence-corrected chi connectivity index (χ2v) is 9.63. The molecule has 3 aromatic rings. The Morgan fingerprint density at radius 3 is 2.50 bits per heavy atom. The first-order valence-corrected chi connectivity index (χ1v) is 11.8. The zero-order valence-corrected chi connectivity index (χ0v) is 21.3. The largest absolute Gasteiger partial charge is 0.481 e. The van der Waals surface area contributed by atoms with Crippen molar-refractivity contribution in [2.75, 3.05) is 6.54 Å². The summed E-state index contributed by atoms with van der Waals surface area (Å²) in [6.07, 6.45) is 0.0769. The third-order valence-corrected chi connectivity index (χ3v) is 7.07. The van der Waals surface area contributed by atoms with Gasteiger partial charge in [0.15, 0.2) is 0 Å². The van der Waals surface area contributed by atoms with E-state index in [-0.39, 0.29) is 35.5 Å². The first-order valence-electron chi connectivity index (χ1n) is 9.48. The Bertz CT molecular complexity index is 1220. The number of rotatable bonds is 7. The Morgan fingerprint density at radius 1 is 1.12 bits per heavy atom. The van der Waals surface area contributed by atoms with Gasteiger partial charge in [0.25, 0.3) is 5.91 Å². The van der Waals surface area contributed by atoms with Crippen molar-refractivity contribution in [1.82, 2.24) is 10.3 Å². The fraction of sp³-hybridized carbons (Fsp3) is 0.227. The number of carbonyl (C=O) groups is 2. The standard InChI is InChI=1S/C22H17BrCl4N2O3/c1-10-18(13-8-12(23)3-6-16(13)29-21(10)27)22(32)28-9-11(2-7-17(30)31)19-14(24)4-5-15(25)20(19)26/h3-6,8,11H,2,7,9H2,1H3,(H,28,32)(H,30,31). The van der Waals surface area contributed by atoms with Crippen molar-refractivity contribution in [1.29, 1.82) is 0 Å². The van der Waals surface area contributed by atoms with E-state index in [0.29, 0.717) is 37.6 Å². The molecule has 0 aliphatic heterocycles. The summed E-state index contributed by atoms with van der Waals surface area (Å²) in [5.74, 6) is -1.81. The van der Waals surface area contributed by atoms with E-state index in [1.165, 1.54) is 0 Å². The van der Waals surface area contributed by atoms with Crippen LogP contribution in [0.5, 0.6) is 0 Å². The summed E-state index contributed by atoms with van der Waals surface area (Å²) in [6.45, 7) is 1.82. The minimum Gasteiger partial charge on any atom is -0.481 e. The first-order chi connectivity index (χ1) is 15.1. The van der Waals surface area contributed by atoms with E-state index in [0.717, 1.165) is 4.47 Å². The van der Waals surface area contributed by atoms with Crippen LogP contribution in [0.25, 0.3) is 10.9 Å². The minimum atomic E-state index is -0.969. The van der Waals surface area contributed by atoms with Crippen molar-refractivity contribution in [3.05, 3.63) is 71.7 Å². The number of benzene rings is 2. The molecule has 0 saturated heterocycles. The van der Waals surface area contributed by atoms with Gasteiger partial charge in [-0.15, -0.1) is 0 Å². The van der Waals surface area contributed by atoms with Crippen LogP contribution < -0.4 is 5.32 Å². The number of fused-ring (bicyclic) bond motifs is 1. The summed E-state index contributed by atoms with van der Waals surface area (Å²) >= 11 is 28.6. The molecule has 0 bridgehead atoms. The number of hydrogen-bond donors (Lipinski definition) is 2. The molecule has 10 heteroatoms. The second-order valence-electron chi connectivity index (χ2n) is 7.16. The van der Waals surface area contributed by atoms with E-state index < -0.39 is 11.9 Å². The monoisotopic (exact) mass is 576 g/mol. The van der Waals surface area contributed by atoms with Crippen molar-refractivity contribution >= 4 is 85.1 Å². The fourth-order valence-electron chi connectivity index (χ4n) is 3.46. The van der Waals surface area contributed by atoms with Gasteiger partial charge in [0.2, 0.25) is 0 Å². The number of carbonyl (C=O) groups excluding carboxylic acids is 1. The van der Waals surface area contributed by atoms with Crippen molar-refractivity contribution in [2.45, 2.75) is 25.7 Å². The molecule has 0 aliphatic carbocycles. The maximum Gasteiger partial charge on any atom is 0.303 e. The predicted octanol–water partition coefficient (Wildman–Crippen LogP) is 7.30. The molecule has 2 aromatic carbocycles. The number of hydrogen-bond acceptors (Lipinski definition) is 3. The number of nitrogens with one attached hydrogen (secondary N) is 1. The molecule has 168 valence electrons. The SMILES string of the molecule is Cc1c(Cl)nc2ccc(Br)cc2c1C(=O)NCC(CCC(=O)O)c1c(Cl)ccc(Cl)c1Cl. The lowest BCUT2D eigenvalue weighted by Gasteiger charge is -2.21. The lowest BCUT2D eigenvalue weighted by molar-refractivity contribution is -0.137. The molecule has 3 rings (SSSR count). The maximum absolute atomic E-state index is 13.2. The summed E-state index contributed by atoms with van der Waals surface area (Å²) in [4.78, 5) is 28.8. The molecule has 1 unspecified atom stereocenters. The highest BCUT2D eigenvalue weighted by Crippen LogP contribution is 2.38. The lowest BCUT2D eigenvalue weighted by Crippen LogP contribution is -2.30. The van der Waals surface area contributed by atoms with Crippen LogP contribution in [0, 0.1) is 6.92 Å². The summed E-state index contributed by atoms with van der Waals surface area (Å²) in [5.41, 5.74) is 2.01. The normalized spacial score (nSPS) is 12.1. The van der Waals surface area contributed by atoms with Crippen LogP contribution in [-0.2, 0) is 4.79 Å². The molecule has 0 saturated carbocycles. The minimum absolute atomic E-state index is 0.0980.